The van der Waals surface area contributed by atoms with E-state index in [4.69, 9.17) is 0 Å². The van der Waals surface area contributed by atoms with Gasteiger partial charge in [0.1, 0.15) is 0 Å². The second-order valence-electron chi connectivity index (χ2n) is 2.53. The molecule has 1 fully saturated rings. The van der Waals surface area contributed by atoms with E-state index in [0.717, 1.165) is 0 Å². The Morgan fingerprint density at radius 2 is 1.82 bits per heavy atom. The molecule has 66 valence electrons. The molecule has 0 N–H and O–H groups in total. The zero-order valence-electron chi connectivity index (χ0n) is 5.75. The van der Waals surface area contributed by atoms with Crippen molar-refractivity contribution >= 4 is 0 Å². The first-order valence-corrected chi connectivity index (χ1v) is 3.35. The van der Waals surface area contributed by atoms with Gasteiger partial charge in [0.15, 0.2) is 0 Å². The van der Waals surface area contributed by atoms with Gasteiger partial charge in [-0.2, -0.15) is 13.2 Å². The molecule has 0 spiro atoms. The summed E-state index contributed by atoms with van der Waals surface area (Å²) in [4.78, 5) is 0. The highest BCUT2D eigenvalue weighted by atomic mass is 19.4. The lowest BCUT2D eigenvalue weighted by molar-refractivity contribution is -0.343. The molecule has 1 unspecified atom stereocenters. The van der Waals surface area contributed by atoms with Crippen LogP contribution >= 0.6 is 0 Å². The number of alkyl halides is 4. The summed E-state index contributed by atoms with van der Waals surface area (Å²) < 4.78 is 52.2. The zero-order chi connectivity index (χ0) is 8.54. The fourth-order valence-electron chi connectivity index (χ4n) is 0.984. The van der Waals surface area contributed by atoms with Gasteiger partial charge < -0.3 is 4.74 Å². The fraction of sp³-hybridized carbons (Fsp3) is 1.00. The first-order valence-electron chi connectivity index (χ1n) is 3.35. The molecule has 1 rings (SSSR count). The summed E-state index contributed by atoms with van der Waals surface area (Å²) in [5.74, 6) is -3.38. The summed E-state index contributed by atoms with van der Waals surface area (Å²) in [6.07, 6.45) is -4.72. The second kappa shape index (κ2) is 2.62. The maximum absolute atomic E-state index is 12.7. The largest absolute Gasteiger partial charge is 0.448 e. The first-order chi connectivity index (χ1) is 4.96. The van der Waals surface area contributed by atoms with Crippen LogP contribution in [-0.4, -0.2) is 18.6 Å². The van der Waals surface area contributed by atoms with Crippen molar-refractivity contribution in [3.63, 3.8) is 0 Å². The SMILES string of the molecule is FC(F)(F)C1(F)CCCCO1. The van der Waals surface area contributed by atoms with E-state index in [9.17, 15) is 17.6 Å². The Bertz CT molecular complexity index is 136. The van der Waals surface area contributed by atoms with Gasteiger partial charge in [-0.25, -0.2) is 4.39 Å². The first kappa shape index (κ1) is 8.77. The van der Waals surface area contributed by atoms with Crippen LogP contribution in [0.2, 0.25) is 0 Å². The van der Waals surface area contributed by atoms with Crippen molar-refractivity contribution in [1.29, 1.82) is 0 Å². The second-order valence-corrected chi connectivity index (χ2v) is 2.53. The fourth-order valence-corrected chi connectivity index (χ4v) is 0.984. The molecular weight excluding hydrogens is 164 g/mol. The predicted octanol–water partition coefficient (Wildman–Crippen LogP) is 2.42. The smallest absolute Gasteiger partial charge is 0.339 e. The number of ether oxygens (including phenoxy) is 1. The molecule has 11 heavy (non-hydrogen) atoms. The van der Waals surface area contributed by atoms with Crippen LogP contribution < -0.4 is 0 Å². The minimum absolute atomic E-state index is 0.143. The molecule has 1 heterocycles. The van der Waals surface area contributed by atoms with E-state index in [2.05, 4.69) is 4.74 Å². The van der Waals surface area contributed by atoms with E-state index < -0.39 is 18.5 Å². The summed E-state index contributed by atoms with van der Waals surface area (Å²) in [5.41, 5.74) is 0. The normalized spacial score (nSPS) is 33.8. The van der Waals surface area contributed by atoms with Crippen LogP contribution in [0.4, 0.5) is 17.6 Å². The monoisotopic (exact) mass is 172 g/mol. The molecule has 1 saturated heterocycles. The Balaban J connectivity index is 2.64. The molecule has 0 aliphatic carbocycles. The van der Waals surface area contributed by atoms with Crippen molar-refractivity contribution in [3.8, 4) is 0 Å². The molecule has 0 amide bonds. The van der Waals surface area contributed by atoms with Gasteiger partial charge in [-0.1, -0.05) is 0 Å². The van der Waals surface area contributed by atoms with Crippen LogP contribution in [0.25, 0.3) is 0 Å². The summed E-state index contributed by atoms with van der Waals surface area (Å²) in [5, 5.41) is 0. The lowest BCUT2D eigenvalue weighted by Gasteiger charge is -2.31. The summed E-state index contributed by atoms with van der Waals surface area (Å²) in [6, 6.07) is 0. The maximum atomic E-state index is 12.7. The lowest BCUT2D eigenvalue weighted by Crippen LogP contribution is -2.45. The molecule has 0 radical (unpaired) electrons. The average Bonchev–Trinajstić information content (AvgIpc) is 1.87. The van der Waals surface area contributed by atoms with Crippen molar-refractivity contribution in [2.75, 3.05) is 6.61 Å². The highest BCUT2D eigenvalue weighted by molar-refractivity contribution is 4.79. The van der Waals surface area contributed by atoms with E-state index in [1.54, 1.807) is 0 Å². The molecule has 5 heteroatoms. The van der Waals surface area contributed by atoms with Gasteiger partial charge in [0.2, 0.25) is 0 Å². The minimum atomic E-state index is -4.88. The van der Waals surface area contributed by atoms with Gasteiger partial charge >= 0.3 is 12.0 Å². The molecule has 0 saturated carbocycles. The van der Waals surface area contributed by atoms with Crippen LogP contribution in [0.1, 0.15) is 19.3 Å². The summed E-state index contributed by atoms with van der Waals surface area (Å²) in [6.45, 7) is -0.143. The van der Waals surface area contributed by atoms with Crippen LogP contribution in [0.5, 0.6) is 0 Å². The Hall–Kier alpha value is -0.320. The van der Waals surface area contributed by atoms with E-state index >= 15 is 0 Å². The Kier molecular flexibility index (Phi) is 2.09. The van der Waals surface area contributed by atoms with Gasteiger partial charge in [-0.15, -0.1) is 0 Å². The topological polar surface area (TPSA) is 9.23 Å². The highest BCUT2D eigenvalue weighted by Crippen LogP contribution is 2.41. The zero-order valence-corrected chi connectivity index (χ0v) is 5.75. The minimum Gasteiger partial charge on any atom is -0.339 e. The number of hydrogen-bond acceptors (Lipinski definition) is 1. The molecule has 0 aromatic heterocycles. The third-order valence-electron chi connectivity index (χ3n) is 1.65. The van der Waals surface area contributed by atoms with Crippen LogP contribution in [0.15, 0.2) is 0 Å². The van der Waals surface area contributed by atoms with E-state index in [1.165, 1.54) is 0 Å². The van der Waals surface area contributed by atoms with Crippen LogP contribution in [0.3, 0.4) is 0 Å². The molecular formula is C6H8F4O. The molecule has 1 aliphatic heterocycles. The molecule has 1 nitrogen and oxygen atoms in total. The van der Waals surface area contributed by atoms with Crippen LogP contribution in [0, 0.1) is 0 Å². The lowest BCUT2D eigenvalue weighted by atomic mass is 10.1. The third kappa shape index (κ3) is 1.64. The number of rotatable bonds is 0. The quantitative estimate of drug-likeness (QED) is 0.510. The Morgan fingerprint density at radius 1 is 1.18 bits per heavy atom. The Morgan fingerprint density at radius 3 is 2.09 bits per heavy atom. The van der Waals surface area contributed by atoms with Crippen molar-refractivity contribution < 1.29 is 22.3 Å². The molecule has 0 aromatic carbocycles. The van der Waals surface area contributed by atoms with Gasteiger partial charge in [0.25, 0.3) is 0 Å². The van der Waals surface area contributed by atoms with Crippen molar-refractivity contribution in [2.45, 2.75) is 31.3 Å². The standard InChI is InChI=1S/C6H8F4O/c7-5(6(8,9)10)3-1-2-4-11-5/h1-4H2. The molecule has 1 atom stereocenters. The predicted molar refractivity (Wildman–Crippen MR) is 29.7 cm³/mol. The average molecular weight is 172 g/mol. The third-order valence-corrected chi connectivity index (χ3v) is 1.65. The van der Waals surface area contributed by atoms with Crippen molar-refractivity contribution in [2.24, 2.45) is 0 Å². The Labute approximate surface area is 61.3 Å². The summed E-state index contributed by atoms with van der Waals surface area (Å²) >= 11 is 0. The molecule has 0 aromatic rings. The van der Waals surface area contributed by atoms with Crippen molar-refractivity contribution in [3.05, 3.63) is 0 Å². The maximum Gasteiger partial charge on any atom is 0.448 e. The highest BCUT2D eigenvalue weighted by Gasteiger charge is 2.57. The van der Waals surface area contributed by atoms with E-state index in [0.29, 0.717) is 6.42 Å². The van der Waals surface area contributed by atoms with Gasteiger partial charge in [-0.3, -0.25) is 0 Å². The van der Waals surface area contributed by atoms with Gasteiger partial charge in [0.05, 0.1) is 6.61 Å². The molecule has 1 aliphatic rings. The van der Waals surface area contributed by atoms with Gasteiger partial charge in [-0.05, 0) is 12.8 Å². The number of hydrogen-bond donors (Lipinski definition) is 0. The van der Waals surface area contributed by atoms with Crippen molar-refractivity contribution in [1.82, 2.24) is 0 Å². The molecule has 0 bridgehead atoms. The number of halogens is 4. The van der Waals surface area contributed by atoms with Crippen LogP contribution in [-0.2, 0) is 4.74 Å². The summed E-state index contributed by atoms with van der Waals surface area (Å²) in [7, 11) is 0. The van der Waals surface area contributed by atoms with Gasteiger partial charge in [0, 0.05) is 6.42 Å². The van der Waals surface area contributed by atoms with E-state index in [1.807, 2.05) is 0 Å². The van der Waals surface area contributed by atoms with E-state index in [-0.39, 0.29) is 13.0 Å².